The Bertz CT molecular complexity index is 579. The first-order chi connectivity index (χ1) is 10.1. The monoisotopic (exact) mass is 302 g/mol. The molecule has 0 saturated heterocycles. The van der Waals surface area contributed by atoms with Gasteiger partial charge in [0.2, 0.25) is 5.91 Å². The van der Waals surface area contributed by atoms with Crippen molar-refractivity contribution in [3.8, 4) is 0 Å². The highest BCUT2D eigenvalue weighted by molar-refractivity contribution is 7.10. The third-order valence-electron chi connectivity index (χ3n) is 3.48. The average Bonchev–Trinajstić information content (AvgIpc) is 2.85. The summed E-state index contributed by atoms with van der Waals surface area (Å²) in [7, 11) is 3.85. The summed E-state index contributed by atoms with van der Waals surface area (Å²) in [5.41, 5.74) is 2.49. The van der Waals surface area contributed by atoms with Crippen molar-refractivity contribution in [3.05, 3.63) is 57.8 Å². The normalized spacial score (nSPS) is 10.9. The first kappa shape index (κ1) is 15.7. The molecule has 0 radical (unpaired) electrons. The second-order valence-electron chi connectivity index (χ2n) is 5.43. The minimum absolute atomic E-state index is 0.154. The zero-order valence-electron chi connectivity index (χ0n) is 12.9. The highest BCUT2D eigenvalue weighted by Gasteiger charge is 2.13. The van der Waals surface area contributed by atoms with Crippen molar-refractivity contribution in [3.63, 3.8) is 0 Å². The number of nitrogens with zero attached hydrogens (tertiary/aromatic N) is 2. The molecule has 112 valence electrons. The van der Waals surface area contributed by atoms with E-state index in [4.69, 9.17) is 0 Å². The molecule has 0 aliphatic carbocycles. The van der Waals surface area contributed by atoms with Crippen LogP contribution in [0.4, 0.5) is 0 Å². The van der Waals surface area contributed by atoms with E-state index in [0.29, 0.717) is 13.1 Å². The highest BCUT2D eigenvalue weighted by atomic mass is 32.1. The van der Waals surface area contributed by atoms with Gasteiger partial charge in [-0.05, 0) is 36.5 Å². The van der Waals surface area contributed by atoms with Crippen LogP contribution in [0.15, 0.2) is 41.8 Å². The van der Waals surface area contributed by atoms with Gasteiger partial charge in [0.1, 0.15) is 0 Å². The van der Waals surface area contributed by atoms with E-state index in [9.17, 15) is 4.79 Å². The summed E-state index contributed by atoms with van der Waals surface area (Å²) < 4.78 is 0. The van der Waals surface area contributed by atoms with Crippen LogP contribution in [0, 0.1) is 6.92 Å². The zero-order chi connectivity index (χ0) is 15.2. The van der Waals surface area contributed by atoms with Crippen LogP contribution in [0.1, 0.15) is 16.0 Å². The van der Waals surface area contributed by atoms with Crippen LogP contribution in [0.5, 0.6) is 0 Å². The maximum atomic E-state index is 12.3. The molecule has 1 amide bonds. The van der Waals surface area contributed by atoms with Gasteiger partial charge in [-0.15, -0.1) is 11.3 Å². The molecule has 0 spiro atoms. The average molecular weight is 302 g/mol. The van der Waals surface area contributed by atoms with Crippen molar-refractivity contribution in [2.75, 3.05) is 20.6 Å². The fourth-order valence-corrected chi connectivity index (χ4v) is 3.13. The third-order valence-corrected chi connectivity index (χ3v) is 4.48. The molecule has 4 heteroatoms. The number of likely N-dealkylation sites (N-methyl/N-ethyl adjacent to an activating group) is 2. The number of benzene rings is 1. The molecule has 2 aromatic rings. The molecule has 0 aliphatic heterocycles. The molecule has 21 heavy (non-hydrogen) atoms. The van der Waals surface area contributed by atoms with Crippen LogP contribution >= 0.6 is 11.3 Å². The van der Waals surface area contributed by atoms with Crippen LogP contribution in [-0.2, 0) is 17.9 Å². The number of aryl methyl sites for hydroxylation is 1. The van der Waals surface area contributed by atoms with Crippen LogP contribution in [0.3, 0.4) is 0 Å². The predicted molar refractivity (Wildman–Crippen MR) is 88.3 cm³/mol. The van der Waals surface area contributed by atoms with Gasteiger partial charge in [0.15, 0.2) is 0 Å². The minimum atomic E-state index is 0.154. The van der Waals surface area contributed by atoms with Crippen molar-refractivity contribution in [1.82, 2.24) is 9.80 Å². The Balaban J connectivity index is 1.84. The second kappa shape index (κ2) is 7.38. The maximum Gasteiger partial charge on any atom is 0.236 e. The Hall–Kier alpha value is -1.65. The van der Waals surface area contributed by atoms with Crippen LogP contribution in [-0.4, -0.2) is 36.3 Å². The van der Waals surface area contributed by atoms with Crippen molar-refractivity contribution in [2.45, 2.75) is 20.0 Å². The van der Waals surface area contributed by atoms with E-state index < -0.39 is 0 Å². The number of hydrogen-bond donors (Lipinski definition) is 0. The van der Waals surface area contributed by atoms with E-state index in [1.165, 1.54) is 16.0 Å². The lowest BCUT2D eigenvalue weighted by Gasteiger charge is -2.22. The minimum Gasteiger partial charge on any atom is -0.339 e. The third kappa shape index (κ3) is 4.69. The van der Waals surface area contributed by atoms with Gasteiger partial charge in [-0.3, -0.25) is 9.69 Å². The Kier molecular flexibility index (Phi) is 5.53. The second-order valence-corrected chi connectivity index (χ2v) is 6.44. The number of carbonyl (C=O) groups is 1. The maximum absolute atomic E-state index is 12.3. The van der Waals surface area contributed by atoms with Crippen LogP contribution < -0.4 is 0 Å². The van der Waals surface area contributed by atoms with Crippen molar-refractivity contribution < 1.29 is 4.79 Å². The van der Waals surface area contributed by atoms with E-state index >= 15 is 0 Å². The van der Waals surface area contributed by atoms with Gasteiger partial charge in [0.25, 0.3) is 0 Å². The topological polar surface area (TPSA) is 23.6 Å². The highest BCUT2D eigenvalue weighted by Crippen LogP contribution is 2.17. The molecule has 0 atom stereocenters. The Morgan fingerprint density at radius 1 is 1.10 bits per heavy atom. The van der Waals surface area contributed by atoms with Crippen LogP contribution in [0.25, 0.3) is 0 Å². The van der Waals surface area contributed by atoms with Crippen molar-refractivity contribution in [2.24, 2.45) is 0 Å². The molecule has 0 bridgehead atoms. The summed E-state index contributed by atoms with van der Waals surface area (Å²) in [5.74, 6) is 0.154. The summed E-state index contributed by atoms with van der Waals surface area (Å²) in [5, 5.41) is 2.07. The molecule has 0 fully saturated rings. The summed E-state index contributed by atoms with van der Waals surface area (Å²) >= 11 is 1.71. The van der Waals surface area contributed by atoms with Gasteiger partial charge in [-0.1, -0.05) is 30.3 Å². The molecular weight excluding hydrogens is 280 g/mol. The summed E-state index contributed by atoms with van der Waals surface area (Å²) in [6.45, 7) is 4.02. The number of amides is 1. The van der Waals surface area contributed by atoms with Gasteiger partial charge in [0, 0.05) is 18.5 Å². The fourth-order valence-electron chi connectivity index (χ4n) is 2.17. The summed E-state index contributed by atoms with van der Waals surface area (Å²) in [6.07, 6.45) is 0. The zero-order valence-corrected chi connectivity index (χ0v) is 13.7. The van der Waals surface area contributed by atoms with E-state index in [-0.39, 0.29) is 5.91 Å². The van der Waals surface area contributed by atoms with Gasteiger partial charge < -0.3 is 4.90 Å². The summed E-state index contributed by atoms with van der Waals surface area (Å²) in [6, 6.07) is 12.3. The Labute approximate surface area is 130 Å². The van der Waals surface area contributed by atoms with Crippen molar-refractivity contribution in [1.29, 1.82) is 0 Å². The van der Waals surface area contributed by atoms with Crippen LogP contribution in [0.2, 0.25) is 0 Å². The number of rotatable bonds is 6. The molecule has 1 aromatic heterocycles. The molecule has 1 aromatic carbocycles. The van der Waals surface area contributed by atoms with E-state index in [1.807, 2.05) is 32.3 Å². The number of hydrogen-bond acceptors (Lipinski definition) is 3. The smallest absolute Gasteiger partial charge is 0.236 e. The number of thiophene rings is 1. The van der Waals surface area contributed by atoms with Gasteiger partial charge in [-0.2, -0.15) is 0 Å². The SMILES string of the molecule is Cc1ccsc1CN(C)C(=O)CN(C)Cc1ccccc1. The lowest BCUT2D eigenvalue weighted by atomic mass is 10.2. The number of carbonyl (C=O) groups excluding carboxylic acids is 1. The fraction of sp³-hybridized carbons (Fsp3) is 0.353. The van der Waals surface area contributed by atoms with Gasteiger partial charge >= 0.3 is 0 Å². The first-order valence-corrected chi connectivity index (χ1v) is 7.93. The standard InChI is InChI=1S/C17H22N2OS/c1-14-9-10-21-16(14)12-19(3)17(20)13-18(2)11-15-7-5-4-6-8-15/h4-10H,11-13H2,1-3H3. The molecule has 3 nitrogen and oxygen atoms in total. The van der Waals surface area contributed by atoms with E-state index in [2.05, 4.69) is 35.4 Å². The Morgan fingerprint density at radius 2 is 1.81 bits per heavy atom. The molecule has 2 rings (SSSR count). The predicted octanol–water partition coefficient (Wildman–Crippen LogP) is 3.15. The summed E-state index contributed by atoms with van der Waals surface area (Å²) in [4.78, 5) is 17.4. The van der Waals surface area contributed by atoms with E-state index in [0.717, 1.165) is 6.54 Å². The largest absolute Gasteiger partial charge is 0.339 e. The van der Waals surface area contributed by atoms with Gasteiger partial charge in [0.05, 0.1) is 13.1 Å². The molecule has 0 aliphatic rings. The molecule has 1 heterocycles. The molecule has 0 unspecified atom stereocenters. The van der Waals surface area contributed by atoms with Gasteiger partial charge in [-0.25, -0.2) is 0 Å². The lowest BCUT2D eigenvalue weighted by molar-refractivity contribution is -0.131. The molecular formula is C17H22N2OS. The lowest BCUT2D eigenvalue weighted by Crippen LogP contribution is -2.35. The first-order valence-electron chi connectivity index (χ1n) is 7.05. The molecule has 0 N–H and O–H groups in total. The Morgan fingerprint density at radius 3 is 2.43 bits per heavy atom. The molecule has 0 saturated carbocycles. The quantitative estimate of drug-likeness (QED) is 0.818. The van der Waals surface area contributed by atoms with Crippen molar-refractivity contribution >= 4 is 17.2 Å². The van der Waals surface area contributed by atoms with E-state index in [1.54, 1.807) is 16.2 Å².